The van der Waals surface area contributed by atoms with Gasteiger partial charge in [0.2, 0.25) is 0 Å². The molecule has 2 heterocycles. The minimum atomic E-state index is -0.00531. The summed E-state index contributed by atoms with van der Waals surface area (Å²) in [6, 6.07) is 3.79. The number of nitrogens with zero attached hydrogens (tertiary/aromatic N) is 2. The summed E-state index contributed by atoms with van der Waals surface area (Å²) in [5.74, 6) is -0.00531. The van der Waals surface area contributed by atoms with Gasteiger partial charge in [-0.05, 0) is 47.0 Å². The molecule has 0 aliphatic heterocycles. The predicted molar refractivity (Wildman–Crippen MR) is 75.9 cm³/mol. The van der Waals surface area contributed by atoms with E-state index in [9.17, 15) is 4.79 Å². The summed E-state index contributed by atoms with van der Waals surface area (Å²) in [6.07, 6.45) is 4.55. The maximum Gasteiger partial charge on any atom is 0.261 e. The molecule has 0 radical (unpaired) electrons. The highest BCUT2D eigenvalue weighted by atomic mass is 79.9. The van der Waals surface area contributed by atoms with Gasteiger partial charge in [0.1, 0.15) is 0 Å². The average molecular weight is 328 g/mol. The third-order valence-corrected chi connectivity index (χ3v) is 4.63. The van der Waals surface area contributed by atoms with Crippen LogP contribution in [-0.2, 0) is 6.54 Å². The Morgan fingerprint density at radius 3 is 3.06 bits per heavy atom. The zero-order valence-corrected chi connectivity index (χ0v) is 12.4. The largest absolute Gasteiger partial charge is 0.351 e. The Labute approximate surface area is 118 Å². The number of hydrogen-bond acceptors (Lipinski definition) is 3. The molecule has 18 heavy (non-hydrogen) atoms. The second-order valence-corrected chi connectivity index (χ2v) is 6.32. The van der Waals surface area contributed by atoms with Crippen LogP contribution in [0, 0.1) is 6.92 Å². The number of nitrogens with one attached hydrogen (secondary N) is 1. The number of halogens is 1. The maximum atomic E-state index is 11.8. The second kappa shape index (κ2) is 6.15. The third-order valence-electron chi connectivity index (χ3n) is 2.49. The highest BCUT2D eigenvalue weighted by Crippen LogP contribution is 2.27. The van der Waals surface area contributed by atoms with Crippen LogP contribution in [0.4, 0.5) is 0 Å². The Morgan fingerprint density at radius 1 is 1.61 bits per heavy atom. The first kappa shape index (κ1) is 13.3. The number of carbonyl (C=O) groups is 1. The molecule has 0 spiro atoms. The molecular formula is C12H14BrN3OS. The fraction of sp³-hybridized carbons (Fsp3) is 0.333. The number of aromatic nitrogens is 2. The van der Waals surface area contributed by atoms with Gasteiger partial charge < -0.3 is 5.32 Å². The number of hydrogen-bond donors (Lipinski definition) is 1. The van der Waals surface area contributed by atoms with E-state index < -0.39 is 0 Å². The van der Waals surface area contributed by atoms with Crippen LogP contribution in [-0.4, -0.2) is 22.2 Å². The normalized spacial score (nSPS) is 10.6. The van der Waals surface area contributed by atoms with E-state index in [1.165, 1.54) is 11.3 Å². The minimum absolute atomic E-state index is 0.00531. The van der Waals surface area contributed by atoms with Gasteiger partial charge in [0, 0.05) is 25.5 Å². The molecule has 6 heteroatoms. The number of thiophene rings is 1. The number of carbonyl (C=O) groups excluding carboxylic acids is 1. The summed E-state index contributed by atoms with van der Waals surface area (Å²) >= 11 is 4.88. The smallest absolute Gasteiger partial charge is 0.261 e. The van der Waals surface area contributed by atoms with Crippen molar-refractivity contribution in [2.45, 2.75) is 19.9 Å². The van der Waals surface area contributed by atoms with E-state index in [1.807, 2.05) is 29.9 Å². The van der Waals surface area contributed by atoms with Crippen LogP contribution in [0.2, 0.25) is 0 Å². The summed E-state index contributed by atoms with van der Waals surface area (Å²) in [5.41, 5.74) is 1.10. The van der Waals surface area contributed by atoms with Crippen molar-refractivity contribution >= 4 is 33.2 Å². The fourth-order valence-corrected chi connectivity index (χ4v) is 2.99. The molecule has 0 bridgehead atoms. The zero-order valence-electron chi connectivity index (χ0n) is 10.0. The van der Waals surface area contributed by atoms with Gasteiger partial charge in [0.25, 0.3) is 5.91 Å². The van der Waals surface area contributed by atoms with E-state index >= 15 is 0 Å². The molecule has 2 rings (SSSR count). The Hall–Kier alpha value is -1.14. The molecule has 0 aliphatic carbocycles. The monoisotopic (exact) mass is 327 g/mol. The van der Waals surface area contributed by atoms with E-state index in [2.05, 4.69) is 26.3 Å². The van der Waals surface area contributed by atoms with Gasteiger partial charge in [-0.3, -0.25) is 9.48 Å². The van der Waals surface area contributed by atoms with Crippen LogP contribution in [0.1, 0.15) is 21.7 Å². The lowest BCUT2D eigenvalue weighted by atomic mass is 10.3. The van der Waals surface area contributed by atoms with Crippen LogP contribution in [0.15, 0.2) is 28.3 Å². The van der Waals surface area contributed by atoms with Gasteiger partial charge in [-0.1, -0.05) is 0 Å². The SMILES string of the molecule is Cc1cc(C(=O)NCCCn2cccn2)sc1Br. The highest BCUT2D eigenvalue weighted by Gasteiger charge is 2.10. The third kappa shape index (κ3) is 3.43. The molecule has 0 fully saturated rings. The van der Waals surface area contributed by atoms with Crippen molar-refractivity contribution in [1.29, 1.82) is 0 Å². The summed E-state index contributed by atoms with van der Waals surface area (Å²) < 4.78 is 2.88. The van der Waals surface area contributed by atoms with Crippen LogP contribution >= 0.6 is 27.3 Å². The molecule has 0 unspecified atom stereocenters. The first-order valence-electron chi connectivity index (χ1n) is 5.68. The summed E-state index contributed by atoms with van der Waals surface area (Å²) in [5, 5.41) is 7.02. The van der Waals surface area contributed by atoms with E-state index in [-0.39, 0.29) is 5.91 Å². The Balaban J connectivity index is 1.75. The highest BCUT2D eigenvalue weighted by molar-refractivity contribution is 9.11. The van der Waals surface area contributed by atoms with Gasteiger partial charge in [-0.15, -0.1) is 11.3 Å². The molecule has 2 aromatic rings. The van der Waals surface area contributed by atoms with Crippen LogP contribution in [0.5, 0.6) is 0 Å². The van der Waals surface area contributed by atoms with Crippen molar-refractivity contribution in [3.05, 3.63) is 38.8 Å². The molecule has 96 valence electrons. The molecule has 2 aromatic heterocycles. The molecular weight excluding hydrogens is 314 g/mol. The molecule has 0 aliphatic rings. The lowest BCUT2D eigenvalue weighted by Crippen LogP contribution is -2.24. The average Bonchev–Trinajstić information content (AvgIpc) is 2.96. The van der Waals surface area contributed by atoms with E-state index in [0.717, 1.165) is 27.2 Å². The maximum absolute atomic E-state index is 11.8. The van der Waals surface area contributed by atoms with Crippen molar-refractivity contribution in [1.82, 2.24) is 15.1 Å². The standard InChI is InChI=1S/C12H14BrN3OS/c1-9-8-10(18-11(9)13)12(17)14-4-2-6-16-7-3-5-15-16/h3,5,7-8H,2,4,6H2,1H3,(H,14,17). The van der Waals surface area contributed by atoms with Crippen molar-refractivity contribution < 1.29 is 4.79 Å². The van der Waals surface area contributed by atoms with E-state index in [1.54, 1.807) is 6.20 Å². The summed E-state index contributed by atoms with van der Waals surface area (Å²) in [4.78, 5) is 12.6. The van der Waals surface area contributed by atoms with Crippen molar-refractivity contribution in [2.24, 2.45) is 0 Å². The van der Waals surface area contributed by atoms with E-state index in [4.69, 9.17) is 0 Å². The lowest BCUT2D eigenvalue weighted by molar-refractivity contribution is 0.0956. The Kier molecular flexibility index (Phi) is 4.54. The summed E-state index contributed by atoms with van der Waals surface area (Å²) in [6.45, 7) is 3.46. The predicted octanol–water partition coefficient (Wildman–Crippen LogP) is 2.84. The molecule has 0 atom stereocenters. The topological polar surface area (TPSA) is 46.9 Å². The second-order valence-electron chi connectivity index (χ2n) is 3.95. The molecule has 0 saturated heterocycles. The van der Waals surface area contributed by atoms with Crippen molar-refractivity contribution in [2.75, 3.05) is 6.54 Å². The fourth-order valence-electron chi connectivity index (χ4n) is 1.53. The van der Waals surface area contributed by atoms with Gasteiger partial charge in [-0.2, -0.15) is 5.10 Å². The van der Waals surface area contributed by atoms with E-state index in [0.29, 0.717) is 6.54 Å². The number of rotatable bonds is 5. The molecule has 4 nitrogen and oxygen atoms in total. The van der Waals surface area contributed by atoms with Crippen molar-refractivity contribution in [3.63, 3.8) is 0 Å². The van der Waals surface area contributed by atoms with Crippen LogP contribution in [0.25, 0.3) is 0 Å². The zero-order chi connectivity index (χ0) is 13.0. The quantitative estimate of drug-likeness (QED) is 0.858. The van der Waals surface area contributed by atoms with Gasteiger partial charge in [-0.25, -0.2) is 0 Å². The van der Waals surface area contributed by atoms with Crippen molar-refractivity contribution in [3.8, 4) is 0 Å². The number of aryl methyl sites for hydroxylation is 2. The van der Waals surface area contributed by atoms with Crippen LogP contribution < -0.4 is 5.32 Å². The van der Waals surface area contributed by atoms with Gasteiger partial charge >= 0.3 is 0 Å². The number of amides is 1. The molecule has 1 amide bonds. The van der Waals surface area contributed by atoms with Crippen LogP contribution in [0.3, 0.4) is 0 Å². The van der Waals surface area contributed by atoms with Gasteiger partial charge in [0.15, 0.2) is 0 Å². The van der Waals surface area contributed by atoms with Gasteiger partial charge in [0.05, 0.1) is 8.66 Å². The Morgan fingerprint density at radius 2 is 2.44 bits per heavy atom. The molecule has 0 saturated carbocycles. The molecule has 0 aromatic carbocycles. The Bertz CT molecular complexity index is 502. The minimum Gasteiger partial charge on any atom is -0.351 e. The summed E-state index contributed by atoms with van der Waals surface area (Å²) in [7, 11) is 0. The molecule has 1 N–H and O–H groups in total. The first-order chi connectivity index (χ1) is 8.66. The first-order valence-corrected chi connectivity index (χ1v) is 7.29. The lowest BCUT2D eigenvalue weighted by Gasteiger charge is -2.03.